The lowest BCUT2D eigenvalue weighted by molar-refractivity contribution is -0.146. The monoisotopic (exact) mass is 624 g/mol. The second-order valence-electron chi connectivity index (χ2n) is 10.1. The number of carbonyl (C=O) groups excluding carboxylic acids is 1. The largest absolute Gasteiger partial charge is 0.467 e. The summed E-state index contributed by atoms with van der Waals surface area (Å²) >= 11 is 0. The summed E-state index contributed by atoms with van der Waals surface area (Å²) < 4.78 is 53.4. The lowest BCUT2D eigenvalue weighted by atomic mass is 10.1. The molecule has 0 spiro atoms. The zero-order valence-corrected chi connectivity index (χ0v) is 27.5. The van der Waals surface area contributed by atoms with Gasteiger partial charge in [-0.15, -0.1) is 0 Å². The van der Waals surface area contributed by atoms with Crippen LogP contribution in [0.5, 0.6) is 0 Å². The van der Waals surface area contributed by atoms with Crippen molar-refractivity contribution < 1.29 is 52.2 Å². The van der Waals surface area contributed by atoms with Crippen LogP contribution in [0.3, 0.4) is 0 Å². The van der Waals surface area contributed by atoms with Crippen molar-refractivity contribution in [2.24, 2.45) is 0 Å². The van der Waals surface area contributed by atoms with E-state index in [-0.39, 0.29) is 6.61 Å². The molecule has 0 fully saturated rings. The van der Waals surface area contributed by atoms with Gasteiger partial charge in [0.25, 0.3) is 0 Å². The summed E-state index contributed by atoms with van der Waals surface area (Å²) in [5.74, 6) is -0.401. The Hall–Kier alpha value is -0.890. The van der Waals surface area contributed by atoms with Crippen molar-refractivity contribution in [3.8, 4) is 0 Å². The summed E-state index contributed by atoms with van der Waals surface area (Å²) in [6.45, 7) is 11.2. The summed E-state index contributed by atoms with van der Waals surface area (Å²) in [6, 6.07) is 0. The van der Waals surface area contributed by atoms with Crippen molar-refractivity contribution in [1.29, 1.82) is 0 Å². The lowest BCUT2D eigenvalue weighted by Gasteiger charge is -2.09. The van der Waals surface area contributed by atoms with Gasteiger partial charge in [0.15, 0.2) is 0 Å². The van der Waals surface area contributed by atoms with Gasteiger partial charge in [-0.1, -0.05) is 71.1 Å². The third kappa shape index (κ3) is 39.1. The second kappa shape index (κ2) is 39.1. The Kier molecular flexibility index (Phi) is 38.3. The zero-order valence-electron chi connectivity index (χ0n) is 27.5. The molecule has 0 aliphatic heterocycles. The standard InChI is InChI=1S/C32H64O11/c1-3-4-5-6-7-8-9-10-11-12-13-14-35-15-16-36-17-18-37-19-20-38-21-22-39-23-24-40-25-26-41-27-28-42-29-30-43-31-32(33)34-2/h3-31H2,1-2H3. The molecule has 0 amide bonds. The molecule has 0 aromatic heterocycles. The predicted octanol–water partition coefficient (Wildman–Crippen LogP) is 4.62. The maximum Gasteiger partial charge on any atom is 0.331 e. The highest BCUT2D eigenvalue weighted by atomic mass is 16.6. The normalized spacial score (nSPS) is 11.4. The van der Waals surface area contributed by atoms with E-state index in [9.17, 15) is 4.79 Å². The van der Waals surface area contributed by atoms with Crippen LogP contribution in [0.1, 0.15) is 77.6 Å². The molecule has 0 aromatic carbocycles. The van der Waals surface area contributed by atoms with E-state index in [1.807, 2.05) is 0 Å². The Bertz CT molecular complexity index is 526. The molecule has 11 nitrogen and oxygen atoms in total. The maximum absolute atomic E-state index is 10.9. The summed E-state index contributed by atoms with van der Waals surface area (Å²) in [6.07, 6.45) is 14.9. The Balaban J connectivity index is 3.04. The van der Waals surface area contributed by atoms with E-state index in [0.717, 1.165) is 13.0 Å². The van der Waals surface area contributed by atoms with Crippen LogP contribution in [0.2, 0.25) is 0 Å². The molecule has 0 N–H and O–H groups in total. The zero-order chi connectivity index (χ0) is 31.2. The first-order valence-corrected chi connectivity index (χ1v) is 16.6. The van der Waals surface area contributed by atoms with Crippen LogP contribution in [0.15, 0.2) is 0 Å². The number of hydrogen-bond acceptors (Lipinski definition) is 11. The summed E-state index contributed by atoms with van der Waals surface area (Å²) in [4.78, 5) is 10.9. The van der Waals surface area contributed by atoms with Gasteiger partial charge in [0, 0.05) is 6.61 Å². The second-order valence-corrected chi connectivity index (χ2v) is 10.1. The molecule has 0 radical (unpaired) electrons. The molecule has 0 bridgehead atoms. The van der Waals surface area contributed by atoms with Crippen LogP contribution in [0, 0.1) is 0 Å². The Morgan fingerprint density at radius 2 is 0.605 bits per heavy atom. The van der Waals surface area contributed by atoms with Gasteiger partial charge in [0.2, 0.25) is 0 Å². The van der Waals surface area contributed by atoms with Crippen molar-refractivity contribution in [2.45, 2.75) is 77.6 Å². The highest BCUT2D eigenvalue weighted by Crippen LogP contribution is 2.11. The number of carbonyl (C=O) groups is 1. The molecule has 258 valence electrons. The van der Waals surface area contributed by atoms with E-state index in [4.69, 9.17) is 42.6 Å². The van der Waals surface area contributed by atoms with Gasteiger partial charge in [-0.05, 0) is 6.42 Å². The van der Waals surface area contributed by atoms with Crippen molar-refractivity contribution in [3.63, 3.8) is 0 Å². The van der Waals surface area contributed by atoms with Gasteiger partial charge in [-0.2, -0.15) is 0 Å². The highest BCUT2D eigenvalue weighted by Gasteiger charge is 1.99. The van der Waals surface area contributed by atoms with Crippen molar-refractivity contribution >= 4 is 5.97 Å². The molecule has 0 atom stereocenters. The van der Waals surface area contributed by atoms with Crippen LogP contribution in [0.25, 0.3) is 0 Å². The van der Waals surface area contributed by atoms with Gasteiger partial charge in [-0.3, -0.25) is 0 Å². The average Bonchev–Trinajstić information content (AvgIpc) is 3.02. The minimum atomic E-state index is -0.401. The Morgan fingerprint density at radius 3 is 0.907 bits per heavy atom. The molecule has 0 aromatic rings. The molecule has 0 heterocycles. The van der Waals surface area contributed by atoms with Crippen molar-refractivity contribution in [3.05, 3.63) is 0 Å². The number of esters is 1. The predicted molar refractivity (Wildman–Crippen MR) is 166 cm³/mol. The summed E-state index contributed by atoms with van der Waals surface area (Å²) in [7, 11) is 1.32. The quantitative estimate of drug-likeness (QED) is 0.0709. The lowest BCUT2D eigenvalue weighted by Crippen LogP contribution is -2.16. The minimum absolute atomic E-state index is 0.0632. The fourth-order valence-electron chi connectivity index (χ4n) is 3.84. The fraction of sp³-hybridized carbons (Fsp3) is 0.969. The van der Waals surface area contributed by atoms with Gasteiger partial charge >= 0.3 is 5.97 Å². The van der Waals surface area contributed by atoms with E-state index in [1.165, 1.54) is 71.3 Å². The van der Waals surface area contributed by atoms with Gasteiger partial charge in [0.05, 0.1) is 113 Å². The average molecular weight is 625 g/mol. The van der Waals surface area contributed by atoms with Gasteiger partial charge in [-0.25, -0.2) is 4.79 Å². The van der Waals surface area contributed by atoms with E-state index >= 15 is 0 Å². The third-order valence-corrected chi connectivity index (χ3v) is 6.32. The van der Waals surface area contributed by atoms with E-state index in [1.54, 1.807) is 0 Å². The maximum atomic E-state index is 10.9. The summed E-state index contributed by atoms with van der Waals surface area (Å²) in [5.41, 5.74) is 0. The number of hydrogen-bond donors (Lipinski definition) is 0. The molecule has 0 aliphatic rings. The number of methoxy groups -OCH3 is 1. The molecule has 0 saturated heterocycles. The van der Waals surface area contributed by atoms with Crippen LogP contribution in [-0.4, -0.2) is 132 Å². The molecule has 0 saturated carbocycles. The van der Waals surface area contributed by atoms with Crippen LogP contribution in [-0.2, 0) is 52.2 Å². The first-order chi connectivity index (χ1) is 21.3. The van der Waals surface area contributed by atoms with Crippen LogP contribution < -0.4 is 0 Å². The molecular formula is C32H64O11. The van der Waals surface area contributed by atoms with Crippen molar-refractivity contribution in [1.82, 2.24) is 0 Å². The van der Waals surface area contributed by atoms with Gasteiger partial charge < -0.3 is 47.4 Å². The Morgan fingerprint density at radius 1 is 0.349 bits per heavy atom. The molecule has 11 heteroatoms. The van der Waals surface area contributed by atoms with Gasteiger partial charge in [0.1, 0.15) is 6.61 Å². The number of unbranched alkanes of at least 4 members (excludes halogenated alkanes) is 10. The summed E-state index contributed by atoms with van der Waals surface area (Å²) in [5, 5.41) is 0. The number of rotatable bonds is 38. The molecule has 43 heavy (non-hydrogen) atoms. The fourth-order valence-corrected chi connectivity index (χ4v) is 3.84. The SMILES string of the molecule is CCCCCCCCCCCCCOCCOCCOCCOCCOCCOCCOCCOCCOCC(=O)OC. The van der Waals surface area contributed by atoms with E-state index in [2.05, 4.69) is 11.7 Å². The first kappa shape index (κ1) is 42.1. The smallest absolute Gasteiger partial charge is 0.331 e. The van der Waals surface area contributed by atoms with E-state index in [0.29, 0.717) is 106 Å². The van der Waals surface area contributed by atoms with Crippen LogP contribution in [0.4, 0.5) is 0 Å². The number of ether oxygens (including phenoxy) is 10. The Labute approximate surface area is 261 Å². The van der Waals surface area contributed by atoms with E-state index < -0.39 is 5.97 Å². The highest BCUT2D eigenvalue weighted by molar-refractivity contribution is 5.70. The molecular weight excluding hydrogens is 560 g/mol. The molecule has 0 unspecified atom stereocenters. The minimum Gasteiger partial charge on any atom is -0.467 e. The van der Waals surface area contributed by atoms with Crippen LogP contribution >= 0.6 is 0 Å². The molecule has 0 aliphatic carbocycles. The van der Waals surface area contributed by atoms with Crippen molar-refractivity contribution in [2.75, 3.05) is 126 Å². The first-order valence-electron chi connectivity index (χ1n) is 16.6. The topological polar surface area (TPSA) is 109 Å². The molecule has 0 rings (SSSR count). The third-order valence-electron chi connectivity index (χ3n) is 6.32.